The summed E-state index contributed by atoms with van der Waals surface area (Å²) in [6.07, 6.45) is 2.27. The summed E-state index contributed by atoms with van der Waals surface area (Å²) in [5, 5.41) is 0. The molecule has 0 bridgehead atoms. The molecule has 0 unspecified atom stereocenters. The van der Waals surface area contributed by atoms with E-state index in [0.717, 1.165) is 31.2 Å². The number of aryl methyl sites for hydroxylation is 1. The number of nitrogens with zero attached hydrogens (tertiary/aromatic N) is 3. The predicted octanol–water partition coefficient (Wildman–Crippen LogP) is 4.79. The van der Waals surface area contributed by atoms with Crippen LogP contribution in [0.5, 0.6) is 5.75 Å². The SMILES string of the molecule is COCCCCN1C(=O)[C@@H](C)Oc2cc(C)c(C(=O)N(C(C)C)[C@@H]3CCCN(C(=O)OC(C)(C)C)C3)cc21. The number of piperidine rings is 1. The Morgan fingerprint density at radius 1 is 1.21 bits per heavy atom. The Balaban J connectivity index is 1.88. The van der Waals surface area contributed by atoms with Crippen LogP contribution in [0.3, 0.4) is 0 Å². The van der Waals surface area contributed by atoms with E-state index in [-0.39, 0.29) is 30.0 Å². The molecule has 1 aromatic rings. The molecular formula is C29H45N3O6. The second-order valence-corrected chi connectivity index (χ2v) is 11.6. The molecule has 2 heterocycles. The average Bonchev–Trinajstić information content (AvgIpc) is 2.82. The maximum atomic E-state index is 14.1. The molecule has 1 saturated heterocycles. The van der Waals surface area contributed by atoms with Crippen LogP contribution in [0.4, 0.5) is 10.5 Å². The fourth-order valence-electron chi connectivity index (χ4n) is 5.17. The van der Waals surface area contributed by atoms with Crippen molar-refractivity contribution in [2.24, 2.45) is 0 Å². The normalized spacial score (nSPS) is 19.8. The molecule has 0 radical (unpaired) electrons. The van der Waals surface area contributed by atoms with Crippen molar-refractivity contribution in [3.05, 3.63) is 23.3 Å². The first-order valence-corrected chi connectivity index (χ1v) is 13.8. The number of likely N-dealkylation sites (tertiary alicyclic amines) is 1. The zero-order valence-electron chi connectivity index (χ0n) is 24.3. The molecule has 2 aliphatic rings. The molecule has 0 spiro atoms. The number of carbonyl (C=O) groups excluding carboxylic acids is 3. The number of methoxy groups -OCH3 is 1. The summed E-state index contributed by atoms with van der Waals surface area (Å²) in [5.41, 5.74) is 1.38. The Labute approximate surface area is 227 Å². The van der Waals surface area contributed by atoms with Gasteiger partial charge in [0.05, 0.1) is 11.7 Å². The summed E-state index contributed by atoms with van der Waals surface area (Å²) < 4.78 is 16.7. The van der Waals surface area contributed by atoms with E-state index in [2.05, 4.69) is 0 Å². The third-order valence-corrected chi connectivity index (χ3v) is 6.96. The minimum atomic E-state index is -0.584. The minimum absolute atomic E-state index is 0.0791. The van der Waals surface area contributed by atoms with Crippen LogP contribution in [0, 0.1) is 6.92 Å². The van der Waals surface area contributed by atoms with Gasteiger partial charge in [0.15, 0.2) is 6.10 Å². The van der Waals surface area contributed by atoms with Gasteiger partial charge in [-0.15, -0.1) is 0 Å². The maximum absolute atomic E-state index is 14.1. The van der Waals surface area contributed by atoms with E-state index in [1.54, 1.807) is 29.9 Å². The second kappa shape index (κ2) is 12.4. The van der Waals surface area contributed by atoms with Crippen molar-refractivity contribution in [3.63, 3.8) is 0 Å². The summed E-state index contributed by atoms with van der Waals surface area (Å²) in [4.78, 5) is 45.2. The number of ether oxygens (including phenoxy) is 3. The topological polar surface area (TPSA) is 88.6 Å². The highest BCUT2D eigenvalue weighted by atomic mass is 16.6. The third kappa shape index (κ3) is 6.98. The Hall–Kier alpha value is -2.81. The van der Waals surface area contributed by atoms with Gasteiger partial charge in [0.25, 0.3) is 11.8 Å². The van der Waals surface area contributed by atoms with Gasteiger partial charge in [-0.3, -0.25) is 9.59 Å². The number of carbonyl (C=O) groups is 3. The molecule has 3 amide bonds. The van der Waals surface area contributed by atoms with E-state index >= 15 is 0 Å². The zero-order chi connectivity index (χ0) is 28.2. The van der Waals surface area contributed by atoms with E-state index in [0.29, 0.717) is 43.2 Å². The van der Waals surface area contributed by atoms with Gasteiger partial charge in [-0.1, -0.05) is 0 Å². The summed E-state index contributed by atoms with van der Waals surface area (Å²) in [7, 11) is 1.66. The van der Waals surface area contributed by atoms with E-state index in [4.69, 9.17) is 14.2 Å². The standard InChI is InChI=1S/C29H45N3O6/c1-19(2)32(22-12-11-13-30(18-22)28(35)38-29(5,6)7)27(34)23-17-24-25(16-20(23)3)37-21(4)26(33)31(24)14-9-10-15-36-8/h16-17,19,21-22H,9-15,18H2,1-8H3/t21-,22-/m1/s1. The number of hydrogen-bond donors (Lipinski definition) is 0. The number of hydrogen-bond acceptors (Lipinski definition) is 6. The first kappa shape index (κ1) is 29.7. The average molecular weight is 532 g/mol. The van der Waals surface area contributed by atoms with Gasteiger partial charge in [-0.05, 0) is 91.8 Å². The lowest BCUT2D eigenvalue weighted by Gasteiger charge is -2.42. The predicted molar refractivity (Wildman–Crippen MR) is 147 cm³/mol. The minimum Gasteiger partial charge on any atom is -0.479 e. The number of fused-ring (bicyclic) bond motifs is 1. The largest absolute Gasteiger partial charge is 0.479 e. The van der Waals surface area contributed by atoms with Gasteiger partial charge in [-0.25, -0.2) is 4.79 Å². The van der Waals surface area contributed by atoms with E-state index in [9.17, 15) is 14.4 Å². The number of amides is 3. The van der Waals surface area contributed by atoms with Crippen molar-refractivity contribution in [2.45, 2.75) is 97.9 Å². The summed E-state index contributed by atoms with van der Waals surface area (Å²) in [6.45, 7) is 15.4. The van der Waals surface area contributed by atoms with Crippen molar-refractivity contribution in [1.29, 1.82) is 0 Å². The Kier molecular flexibility index (Phi) is 9.68. The van der Waals surface area contributed by atoms with E-state index < -0.39 is 11.7 Å². The van der Waals surface area contributed by atoms with E-state index in [1.807, 2.05) is 52.5 Å². The van der Waals surface area contributed by atoms with Crippen molar-refractivity contribution >= 4 is 23.6 Å². The van der Waals surface area contributed by atoms with Crippen molar-refractivity contribution in [2.75, 3.05) is 38.3 Å². The van der Waals surface area contributed by atoms with Crippen LogP contribution in [-0.4, -0.2) is 84.8 Å². The molecule has 0 saturated carbocycles. The molecule has 9 heteroatoms. The first-order valence-electron chi connectivity index (χ1n) is 13.8. The van der Waals surface area contributed by atoms with Crippen LogP contribution in [-0.2, 0) is 14.3 Å². The highest BCUT2D eigenvalue weighted by molar-refractivity contribution is 6.03. The van der Waals surface area contributed by atoms with Crippen LogP contribution in [0.2, 0.25) is 0 Å². The lowest BCUT2D eigenvalue weighted by Crippen LogP contribution is -2.54. The van der Waals surface area contributed by atoms with Gasteiger partial charge in [0, 0.05) is 45.0 Å². The summed E-state index contributed by atoms with van der Waals surface area (Å²) >= 11 is 0. The van der Waals surface area contributed by atoms with Gasteiger partial charge in [0.2, 0.25) is 0 Å². The maximum Gasteiger partial charge on any atom is 0.410 e. The fourth-order valence-corrected chi connectivity index (χ4v) is 5.17. The molecule has 3 rings (SSSR count). The number of anilines is 1. The molecule has 1 fully saturated rings. The molecular weight excluding hydrogens is 486 g/mol. The van der Waals surface area contributed by atoms with Crippen molar-refractivity contribution in [3.8, 4) is 5.75 Å². The van der Waals surface area contributed by atoms with Crippen LogP contribution >= 0.6 is 0 Å². The van der Waals surface area contributed by atoms with Gasteiger partial charge in [-0.2, -0.15) is 0 Å². The van der Waals surface area contributed by atoms with Crippen LogP contribution in [0.15, 0.2) is 12.1 Å². The molecule has 2 aliphatic heterocycles. The lowest BCUT2D eigenvalue weighted by molar-refractivity contribution is -0.125. The summed E-state index contributed by atoms with van der Waals surface area (Å²) in [6, 6.07) is 3.45. The molecule has 9 nitrogen and oxygen atoms in total. The third-order valence-electron chi connectivity index (χ3n) is 6.96. The number of benzene rings is 1. The Bertz CT molecular complexity index is 1020. The van der Waals surface area contributed by atoms with Crippen LogP contribution in [0.1, 0.15) is 83.1 Å². The van der Waals surface area contributed by atoms with Gasteiger partial charge >= 0.3 is 6.09 Å². The molecule has 2 atom stereocenters. The highest BCUT2D eigenvalue weighted by Crippen LogP contribution is 2.37. The molecule has 38 heavy (non-hydrogen) atoms. The second-order valence-electron chi connectivity index (χ2n) is 11.6. The van der Waals surface area contributed by atoms with Crippen molar-refractivity contribution < 1.29 is 28.6 Å². The Morgan fingerprint density at radius 3 is 2.55 bits per heavy atom. The molecule has 212 valence electrons. The Morgan fingerprint density at radius 2 is 1.92 bits per heavy atom. The monoisotopic (exact) mass is 531 g/mol. The van der Waals surface area contributed by atoms with Crippen LogP contribution < -0.4 is 9.64 Å². The zero-order valence-corrected chi connectivity index (χ0v) is 24.3. The van der Waals surface area contributed by atoms with Crippen LogP contribution in [0.25, 0.3) is 0 Å². The molecule has 1 aromatic carbocycles. The number of unbranched alkanes of at least 4 members (excludes halogenated alkanes) is 1. The summed E-state index contributed by atoms with van der Waals surface area (Å²) in [5.74, 6) is 0.391. The highest BCUT2D eigenvalue weighted by Gasteiger charge is 2.37. The lowest BCUT2D eigenvalue weighted by atomic mass is 9.98. The van der Waals surface area contributed by atoms with E-state index in [1.165, 1.54) is 0 Å². The van der Waals surface area contributed by atoms with Crippen molar-refractivity contribution in [1.82, 2.24) is 9.80 Å². The molecule has 0 aromatic heterocycles. The smallest absolute Gasteiger partial charge is 0.410 e. The van der Waals surface area contributed by atoms with Gasteiger partial charge < -0.3 is 28.9 Å². The van der Waals surface area contributed by atoms with Gasteiger partial charge in [0.1, 0.15) is 11.4 Å². The molecule has 0 aliphatic carbocycles. The first-order chi connectivity index (χ1) is 17.8. The number of rotatable bonds is 8. The quantitative estimate of drug-likeness (QED) is 0.449. The fraction of sp³-hybridized carbons (Fsp3) is 0.690. The molecule has 0 N–H and O–H groups in total.